The van der Waals surface area contributed by atoms with Gasteiger partial charge in [0.05, 0.1) is 25.8 Å². The van der Waals surface area contributed by atoms with Crippen molar-refractivity contribution in [2.45, 2.75) is 13.0 Å². The largest absolute Gasteiger partial charge is 0.508 e. The lowest BCUT2D eigenvalue weighted by Gasteiger charge is -2.25. The van der Waals surface area contributed by atoms with Gasteiger partial charge in [-0.2, -0.15) is 0 Å². The second kappa shape index (κ2) is 8.70. The molecule has 1 unspecified atom stereocenters. The predicted molar refractivity (Wildman–Crippen MR) is 124 cm³/mol. The highest BCUT2D eigenvalue weighted by atomic mass is 16.5. The van der Waals surface area contributed by atoms with Gasteiger partial charge >= 0.3 is 0 Å². The summed E-state index contributed by atoms with van der Waals surface area (Å²) in [6.07, 6.45) is 0. The van der Waals surface area contributed by atoms with E-state index in [4.69, 9.17) is 9.47 Å². The minimum absolute atomic E-state index is 0.0474. The van der Waals surface area contributed by atoms with Crippen molar-refractivity contribution in [3.63, 3.8) is 0 Å². The second-order valence-electron chi connectivity index (χ2n) is 7.67. The fourth-order valence-corrected chi connectivity index (χ4v) is 3.99. The summed E-state index contributed by atoms with van der Waals surface area (Å²) in [4.78, 5) is 27.7. The summed E-state index contributed by atoms with van der Waals surface area (Å²) in [5.41, 5.74) is 2.26. The summed E-state index contributed by atoms with van der Waals surface area (Å²) >= 11 is 0. The number of amides is 1. The molecule has 1 saturated heterocycles. The number of ketones is 1. The molecule has 0 spiro atoms. The Labute approximate surface area is 191 Å². The van der Waals surface area contributed by atoms with E-state index in [0.29, 0.717) is 28.3 Å². The highest BCUT2D eigenvalue weighted by molar-refractivity contribution is 6.51. The smallest absolute Gasteiger partial charge is 0.300 e. The molecule has 7 nitrogen and oxygen atoms in total. The number of phenolic OH excluding ortho intramolecular Hbond substituents is 1. The first kappa shape index (κ1) is 22.0. The fourth-order valence-electron chi connectivity index (χ4n) is 3.99. The van der Waals surface area contributed by atoms with Gasteiger partial charge in [0, 0.05) is 11.3 Å². The number of ether oxygens (including phenoxy) is 2. The predicted octanol–water partition coefficient (Wildman–Crippen LogP) is 4.34. The molecule has 0 aromatic heterocycles. The van der Waals surface area contributed by atoms with Gasteiger partial charge in [-0.1, -0.05) is 24.3 Å². The molecule has 0 bridgehead atoms. The monoisotopic (exact) mass is 445 g/mol. The van der Waals surface area contributed by atoms with E-state index < -0.39 is 17.7 Å². The zero-order valence-corrected chi connectivity index (χ0v) is 18.4. The van der Waals surface area contributed by atoms with E-state index >= 15 is 0 Å². The minimum atomic E-state index is -0.888. The van der Waals surface area contributed by atoms with Gasteiger partial charge in [0.15, 0.2) is 11.5 Å². The van der Waals surface area contributed by atoms with Crippen LogP contribution in [0.5, 0.6) is 17.2 Å². The van der Waals surface area contributed by atoms with Crippen molar-refractivity contribution in [1.29, 1.82) is 0 Å². The van der Waals surface area contributed by atoms with E-state index in [0.717, 1.165) is 5.56 Å². The van der Waals surface area contributed by atoms with E-state index in [1.54, 1.807) is 48.5 Å². The standard InChI is InChI=1S/C26H23NO6/c1-15-5-4-6-18(13-15)27-23(16-7-10-19(28)11-8-16)22(25(30)26(27)31)24(29)17-9-12-20(32-2)21(14-17)33-3/h4-14,23,28-29H,1-3H3/b24-22-. The third-order valence-electron chi connectivity index (χ3n) is 5.59. The number of nitrogens with zero attached hydrogens (tertiary/aromatic N) is 1. The lowest BCUT2D eigenvalue weighted by molar-refractivity contribution is -0.132. The molecule has 1 aliphatic rings. The molecule has 1 amide bonds. The van der Waals surface area contributed by atoms with Crippen LogP contribution in [-0.2, 0) is 9.59 Å². The molecule has 168 valence electrons. The summed E-state index contributed by atoms with van der Waals surface area (Å²) in [6, 6.07) is 17.3. The first-order valence-electron chi connectivity index (χ1n) is 10.2. The summed E-state index contributed by atoms with van der Waals surface area (Å²) in [6.45, 7) is 1.89. The Hall–Kier alpha value is -4.26. The highest BCUT2D eigenvalue weighted by Gasteiger charge is 2.47. The maximum atomic E-state index is 13.2. The molecule has 0 saturated carbocycles. The molecule has 1 fully saturated rings. The summed E-state index contributed by atoms with van der Waals surface area (Å²) < 4.78 is 10.6. The van der Waals surface area contributed by atoms with Gasteiger partial charge in [-0.25, -0.2) is 0 Å². The number of anilines is 1. The maximum Gasteiger partial charge on any atom is 0.300 e. The molecule has 0 aliphatic carbocycles. The zero-order chi connectivity index (χ0) is 23.7. The SMILES string of the molecule is COc1ccc(/C(O)=C2/C(=O)C(=O)N(c3cccc(C)c3)C2c2ccc(O)cc2)cc1OC. The van der Waals surface area contributed by atoms with Crippen LogP contribution in [0.2, 0.25) is 0 Å². The Balaban J connectivity index is 1.94. The number of benzene rings is 3. The molecular weight excluding hydrogens is 422 g/mol. The maximum absolute atomic E-state index is 13.2. The molecule has 1 atom stereocenters. The quantitative estimate of drug-likeness (QED) is 0.345. The van der Waals surface area contributed by atoms with E-state index in [-0.39, 0.29) is 17.1 Å². The van der Waals surface area contributed by atoms with E-state index in [9.17, 15) is 19.8 Å². The fraction of sp³-hybridized carbons (Fsp3) is 0.154. The lowest BCUT2D eigenvalue weighted by atomic mass is 9.95. The highest BCUT2D eigenvalue weighted by Crippen LogP contribution is 2.43. The van der Waals surface area contributed by atoms with Crippen LogP contribution in [-0.4, -0.2) is 36.1 Å². The number of aliphatic hydroxyl groups excluding tert-OH is 1. The van der Waals surface area contributed by atoms with E-state index in [1.807, 2.05) is 13.0 Å². The number of carbonyl (C=O) groups is 2. The number of phenols is 1. The van der Waals surface area contributed by atoms with Crippen LogP contribution in [0.15, 0.2) is 72.3 Å². The van der Waals surface area contributed by atoms with Crippen molar-refractivity contribution in [3.05, 3.63) is 89.0 Å². The average Bonchev–Trinajstić information content (AvgIpc) is 3.09. The van der Waals surface area contributed by atoms with Crippen molar-refractivity contribution in [2.24, 2.45) is 0 Å². The van der Waals surface area contributed by atoms with Crippen molar-refractivity contribution in [3.8, 4) is 17.2 Å². The van der Waals surface area contributed by atoms with Crippen LogP contribution in [0.4, 0.5) is 5.69 Å². The van der Waals surface area contributed by atoms with Crippen LogP contribution < -0.4 is 14.4 Å². The minimum Gasteiger partial charge on any atom is -0.508 e. The Morgan fingerprint density at radius 3 is 2.24 bits per heavy atom. The summed E-state index contributed by atoms with van der Waals surface area (Å²) in [5, 5.41) is 21.0. The number of Topliss-reactive ketones (excluding diaryl/α,β-unsaturated/α-hetero) is 1. The molecule has 7 heteroatoms. The van der Waals surface area contributed by atoms with E-state index in [1.165, 1.54) is 31.3 Å². The Morgan fingerprint density at radius 2 is 1.61 bits per heavy atom. The van der Waals surface area contributed by atoms with Crippen LogP contribution in [0.3, 0.4) is 0 Å². The number of carbonyl (C=O) groups excluding carboxylic acids is 2. The first-order chi connectivity index (χ1) is 15.8. The zero-order valence-electron chi connectivity index (χ0n) is 18.4. The molecule has 1 heterocycles. The number of hydrogen-bond donors (Lipinski definition) is 2. The van der Waals surface area contributed by atoms with Gasteiger partial charge in [-0.15, -0.1) is 0 Å². The third kappa shape index (κ3) is 3.89. The molecule has 33 heavy (non-hydrogen) atoms. The van der Waals surface area contributed by atoms with E-state index in [2.05, 4.69) is 0 Å². The average molecular weight is 445 g/mol. The van der Waals surface area contributed by atoms with Crippen LogP contribution in [0, 0.1) is 6.92 Å². The lowest BCUT2D eigenvalue weighted by Crippen LogP contribution is -2.29. The van der Waals surface area contributed by atoms with Crippen LogP contribution in [0.25, 0.3) is 5.76 Å². The number of rotatable bonds is 5. The summed E-state index contributed by atoms with van der Waals surface area (Å²) in [5.74, 6) is -1.00. The van der Waals surface area contributed by atoms with Crippen LogP contribution in [0.1, 0.15) is 22.7 Å². The normalized spacial score (nSPS) is 17.3. The number of methoxy groups -OCH3 is 2. The van der Waals surface area contributed by atoms with Gasteiger partial charge in [-0.05, 0) is 60.5 Å². The number of hydrogen-bond acceptors (Lipinski definition) is 6. The molecule has 4 rings (SSSR count). The molecular formula is C26H23NO6. The van der Waals surface area contributed by atoms with Gasteiger partial charge in [0.1, 0.15) is 11.5 Å². The molecule has 1 aliphatic heterocycles. The van der Waals surface area contributed by atoms with Gasteiger partial charge in [0.2, 0.25) is 0 Å². The molecule has 3 aromatic carbocycles. The molecule has 3 aromatic rings. The van der Waals surface area contributed by atoms with Crippen molar-refractivity contribution < 1.29 is 29.3 Å². The molecule has 0 radical (unpaired) electrons. The number of aromatic hydroxyl groups is 1. The second-order valence-corrected chi connectivity index (χ2v) is 7.67. The Bertz CT molecular complexity index is 1260. The third-order valence-corrected chi connectivity index (χ3v) is 5.59. The van der Waals surface area contributed by atoms with Gasteiger partial charge in [-0.3, -0.25) is 14.5 Å². The van der Waals surface area contributed by atoms with Crippen LogP contribution >= 0.6 is 0 Å². The summed E-state index contributed by atoms with van der Waals surface area (Å²) in [7, 11) is 2.96. The van der Waals surface area contributed by atoms with Crippen molar-refractivity contribution >= 4 is 23.1 Å². The molecule has 2 N–H and O–H groups in total. The topological polar surface area (TPSA) is 96.3 Å². The van der Waals surface area contributed by atoms with Crippen molar-refractivity contribution in [2.75, 3.05) is 19.1 Å². The first-order valence-corrected chi connectivity index (χ1v) is 10.2. The van der Waals surface area contributed by atoms with Crippen molar-refractivity contribution in [1.82, 2.24) is 0 Å². The van der Waals surface area contributed by atoms with Gasteiger partial charge in [0.25, 0.3) is 11.7 Å². The van der Waals surface area contributed by atoms with Gasteiger partial charge < -0.3 is 19.7 Å². The number of aliphatic hydroxyl groups is 1. The number of aryl methyl sites for hydroxylation is 1. The Kier molecular flexibility index (Phi) is 5.79. The Morgan fingerprint density at radius 1 is 0.909 bits per heavy atom.